The van der Waals surface area contributed by atoms with Gasteiger partial charge in [0, 0.05) is 17.5 Å². The van der Waals surface area contributed by atoms with Gasteiger partial charge in [0.25, 0.3) is 0 Å². The number of aryl methyl sites for hydroxylation is 1. The van der Waals surface area contributed by atoms with Gasteiger partial charge >= 0.3 is 0 Å². The molecule has 76 valence electrons. The van der Waals surface area contributed by atoms with E-state index >= 15 is 0 Å². The zero-order valence-corrected chi connectivity index (χ0v) is 8.93. The molecular weight excluding hydrogens is 198 g/mol. The second-order valence-corrected chi connectivity index (χ2v) is 4.05. The van der Waals surface area contributed by atoms with E-state index in [1.165, 1.54) is 0 Å². The minimum Gasteiger partial charge on any atom is -0.507 e. The summed E-state index contributed by atoms with van der Waals surface area (Å²) in [6.45, 7) is 2.95. The summed E-state index contributed by atoms with van der Waals surface area (Å²) in [5.41, 5.74) is 2.98. The van der Waals surface area contributed by atoms with Crippen LogP contribution in [0.25, 0.3) is 0 Å². The monoisotopic (exact) mass is 211 g/mol. The van der Waals surface area contributed by atoms with Crippen LogP contribution in [0.4, 0.5) is 0 Å². The number of rotatable bonds is 2. The summed E-state index contributed by atoms with van der Waals surface area (Å²) < 4.78 is 0. The Morgan fingerprint density at radius 3 is 2.79 bits per heavy atom. The average Bonchev–Trinajstić information content (AvgIpc) is 2.09. The molecule has 1 atom stereocenters. The SMILES string of the molecule is Cc1cc(CCl)cc([C@H]2CCN2)c1O. The molecule has 0 amide bonds. The van der Waals surface area contributed by atoms with Crippen molar-refractivity contribution in [2.24, 2.45) is 0 Å². The summed E-state index contributed by atoms with van der Waals surface area (Å²) in [6, 6.07) is 4.24. The first kappa shape index (κ1) is 9.81. The van der Waals surface area contributed by atoms with E-state index in [0.29, 0.717) is 17.7 Å². The number of hydrogen-bond donors (Lipinski definition) is 2. The molecule has 1 aliphatic heterocycles. The largest absolute Gasteiger partial charge is 0.507 e. The maximum Gasteiger partial charge on any atom is 0.123 e. The molecule has 1 aliphatic rings. The van der Waals surface area contributed by atoms with E-state index in [2.05, 4.69) is 5.32 Å². The van der Waals surface area contributed by atoms with Crippen LogP contribution in [0.15, 0.2) is 12.1 Å². The van der Waals surface area contributed by atoms with Crippen LogP contribution < -0.4 is 5.32 Å². The zero-order chi connectivity index (χ0) is 10.1. The Balaban J connectivity index is 2.40. The standard InChI is InChI=1S/C11H14ClNO/c1-7-4-8(6-12)5-9(11(7)14)10-2-3-13-10/h4-5,10,13-14H,2-3,6H2,1H3/t10-/m1/s1. The first-order valence-electron chi connectivity index (χ1n) is 4.84. The third kappa shape index (κ3) is 1.60. The third-order valence-electron chi connectivity index (χ3n) is 2.74. The van der Waals surface area contributed by atoms with E-state index in [1.807, 2.05) is 19.1 Å². The molecule has 1 aromatic rings. The fourth-order valence-corrected chi connectivity index (χ4v) is 1.94. The third-order valence-corrected chi connectivity index (χ3v) is 3.05. The molecule has 1 saturated heterocycles. The van der Waals surface area contributed by atoms with Crippen molar-refractivity contribution < 1.29 is 5.11 Å². The van der Waals surface area contributed by atoms with E-state index in [-0.39, 0.29) is 0 Å². The molecule has 0 saturated carbocycles. The molecule has 14 heavy (non-hydrogen) atoms. The summed E-state index contributed by atoms with van der Waals surface area (Å²) in [5, 5.41) is 13.1. The molecule has 0 bridgehead atoms. The fraction of sp³-hybridized carbons (Fsp3) is 0.455. The van der Waals surface area contributed by atoms with Crippen molar-refractivity contribution in [2.75, 3.05) is 6.54 Å². The van der Waals surface area contributed by atoms with Crippen LogP contribution in [0.3, 0.4) is 0 Å². The molecule has 2 rings (SSSR count). The van der Waals surface area contributed by atoms with E-state index in [0.717, 1.165) is 29.7 Å². The van der Waals surface area contributed by atoms with Gasteiger partial charge in [0.05, 0.1) is 0 Å². The van der Waals surface area contributed by atoms with Gasteiger partial charge in [-0.25, -0.2) is 0 Å². The van der Waals surface area contributed by atoms with E-state index in [9.17, 15) is 5.11 Å². The van der Waals surface area contributed by atoms with Crippen LogP contribution in [0.5, 0.6) is 5.75 Å². The van der Waals surface area contributed by atoms with Crippen molar-refractivity contribution in [3.05, 3.63) is 28.8 Å². The van der Waals surface area contributed by atoms with Gasteiger partial charge in [0.1, 0.15) is 5.75 Å². The summed E-state index contributed by atoms with van der Waals surface area (Å²) in [6.07, 6.45) is 1.10. The second kappa shape index (κ2) is 3.79. The fourth-order valence-electron chi connectivity index (χ4n) is 1.78. The molecule has 2 nitrogen and oxygen atoms in total. The highest BCUT2D eigenvalue weighted by molar-refractivity contribution is 6.17. The van der Waals surface area contributed by atoms with Crippen LogP contribution in [-0.4, -0.2) is 11.7 Å². The lowest BCUT2D eigenvalue weighted by Crippen LogP contribution is -2.35. The van der Waals surface area contributed by atoms with E-state index in [1.54, 1.807) is 0 Å². The number of phenolic OH excluding ortho intramolecular Hbond substituents is 1. The number of phenols is 1. The first-order chi connectivity index (χ1) is 6.72. The smallest absolute Gasteiger partial charge is 0.123 e. The molecule has 1 fully saturated rings. The Morgan fingerprint density at radius 1 is 1.57 bits per heavy atom. The Hall–Kier alpha value is -0.730. The number of halogens is 1. The lowest BCUT2D eigenvalue weighted by molar-refractivity contribution is 0.363. The molecule has 3 heteroatoms. The minimum absolute atomic E-state index is 0.317. The van der Waals surface area contributed by atoms with Gasteiger partial charge < -0.3 is 10.4 Å². The highest BCUT2D eigenvalue weighted by Gasteiger charge is 2.22. The van der Waals surface area contributed by atoms with Gasteiger partial charge in [-0.2, -0.15) is 0 Å². The number of alkyl halides is 1. The maximum absolute atomic E-state index is 9.87. The van der Waals surface area contributed by atoms with E-state index in [4.69, 9.17) is 11.6 Å². The number of hydrogen-bond acceptors (Lipinski definition) is 2. The van der Waals surface area contributed by atoms with Crippen molar-refractivity contribution in [1.82, 2.24) is 5.32 Å². The van der Waals surface area contributed by atoms with Crippen LogP contribution in [0.2, 0.25) is 0 Å². The number of nitrogens with one attached hydrogen (secondary N) is 1. The minimum atomic E-state index is 0.317. The van der Waals surface area contributed by atoms with Crippen molar-refractivity contribution in [2.45, 2.75) is 25.3 Å². The summed E-state index contributed by atoms with van der Waals surface area (Å²) >= 11 is 5.79. The molecule has 0 aliphatic carbocycles. The van der Waals surface area contributed by atoms with E-state index < -0.39 is 0 Å². The lowest BCUT2D eigenvalue weighted by Gasteiger charge is -2.29. The van der Waals surface area contributed by atoms with Gasteiger partial charge in [0.15, 0.2) is 0 Å². The van der Waals surface area contributed by atoms with Gasteiger partial charge in [0.2, 0.25) is 0 Å². The Morgan fingerprint density at radius 2 is 2.29 bits per heavy atom. The topological polar surface area (TPSA) is 32.3 Å². The normalized spacial score (nSPS) is 20.6. The molecule has 0 aromatic heterocycles. The predicted molar refractivity (Wildman–Crippen MR) is 57.8 cm³/mol. The molecule has 0 radical (unpaired) electrons. The summed E-state index contributed by atoms with van der Waals surface area (Å²) in [4.78, 5) is 0. The summed E-state index contributed by atoms with van der Waals surface area (Å²) in [7, 11) is 0. The maximum atomic E-state index is 9.87. The van der Waals surface area contributed by atoms with Gasteiger partial charge in [-0.3, -0.25) is 0 Å². The number of benzene rings is 1. The van der Waals surface area contributed by atoms with Crippen molar-refractivity contribution in [1.29, 1.82) is 0 Å². The molecule has 0 spiro atoms. The predicted octanol–water partition coefficient (Wildman–Crippen LogP) is 2.47. The molecule has 1 aromatic carbocycles. The second-order valence-electron chi connectivity index (χ2n) is 3.78. The molecular formula is C11H14ClNO. The van der Waals surface area contributed by atoms with Crippen LogP contribution >= 0.6 is 11.6 Å². The highest BCUT2D eigenvalue weighted by atomic mass is 35.5. The highest BCUT2D eigenvalue weighted by Crippen LogP contribution is 2.33. The Kier molecular flexibility index (Phi) is 2.66. The lowest BCUT2D eigenvalue weighted by atomic mass is 9.94. The number of aromatic hydroxyl groups is 1. The van der Waals surface area contributed by atoms with Crippen molar-refractivity contribution in [3.8, 4) is 5.75 Å². The Bertz CT molecular complexity index is 347. The Labute approximate surface area is 88.9 Å². The molecule has 0 unspecified atom stereocenters. The average molecular weight is 212 g/mol. The van der Waals surface area contributed by atoms with Crippen molar-refractivity contribution >= 4 is 11.6 Å². The quantitative estimate of drug-likeness (QED) is 0.737. The zero-order valence-electron chi connectivity index (χ0n) is 8.18. The first-order valence-corrected chi connectivity index (χ1v) is 5.37. The molecule has 1 heterocycles. The van der Waals surface area contributed by atoms with Crippen LogP contribution in [0, 0.1) is 6.92 Å². The van der Waals surface area contributed by atoms with Gasteiger partial charge in [-0.15, -0.1) is 11.6 Å². The molecule has 2 N–H and O–H groups in total. The van der Waals surface area contributed by atoms with Crippen molar-refractivity contribution in [3.63, 3.8) is 0 Å². The van der Waals surface area contributed by atoms with Gasteiger partial charge in [-0.05, 0) is 37.1 Å². The van der Waals surface area contributed by atoms with Crippen LogP contribution in [0.1, 0.15) is 29.2 Å². The summed E-state index contributed by atoms with van der Waals surface area (Å²) in [5.74, 6) is 0.914. The van der Waals surface area contributed by atoms with Crippen LogP contribution in [-0.2, 0) is 5.88 Å². The van der Waals surface area contributed by atoms with Gasteiger partial charge in [-0.1, -0.05) is 6.07 Å².